The van der Waals surface area contributed by atoms with Gasteiger partial charge >= 0.3 is 0 Å². The maximum absolute atomic E-state index is 11.6. The number of nitrogens with zero attached hydrogens (tertiary/aromatic N) is 1. The lowest BCUT2D eigenvalue weighted by atomic mass is 10.3. The topological polar surface area (TPSA) is 66.5 Å². The van der Waals surface area contributed by atoms with Crippen LogP contribution in [-0.2, 0) is 6.54 Å². The van der Waals surface area contributed by atoms with Crippen LogP contribution in [-0.4, -0.2) is 17.8 Å². The Balaban J connectivity index is 1.89. The van der Waals surface area contributed by atoms with E-state index in [9.17, 15) is 4.79 Å². The predicted molar refractivity (Wildman–Crippen MR) is 78.2 cm³/mol. The van der Waals surface area contributed by atoms with Crippen LogP contribution in [0.4, 0.5) is 5.69 Å². The van der Waals surface area contributed by atoms with E-state index in [2.05, 4.69) is 0 Å². The number of hydrogen-bond donors (Lipinski definition) is 1. The van der Waals surface area contributed by atoms with Crippen LogP contribution >= 0.6 is 0 Å². The molecular formula is C15H18N2O3. The van der Waals surface area contributed by atoms with Crippen molar-refractivity contribution in [2.24, 2.45) is 0 Å². The van der Waals surface area contributed by atoms with Gasteiger partial charge in [-0.05, 0) is 37.3 Å². The lowest BCUT2D eigenvalue weighted by Crippen LogP contribution is -2.22. The summed E-state index contributed by atoms with van der Waals surface area (Å²) in [4.78, 5) is 11.6. The van der Waals surface area contributed by atoms with Crippen molar-refractivity contribution in [3.8, 4) is 11.5 Å². The minimum atomic E-state index is -0.0884. The molecule has 0 bridgehead atoms. The quantitative estimate of drug-likeness (QED) is 0.873. The van der Waals surface area contributed by atoms with E-state index in [0.29, 0.717) is 25.4 Å². The van der Waals surface area contributed by atoms with E-state index in [1.165, 1.54) is 10.6 Å². The summed E-state index contributed by atoms with van der Waals surface area (Å²) in [6, 6.07) is 10.4. The Morgan fingerprint density at radius 3 is 2.35 bits per heavy atom. The number of nitrogens with two attached hydrogens (primary N) is 1. The number of anilines is 1. The zero-order valence-electron chi connectivity index (χ0n) is 11.4. The number of ether oxygens (including phenoxy) is 2. The monoisotopic (exact) mass is 274 g/mol. The van der Waals surface area contributed by atoms with Gasteiger partial charge in [0.2, 0.25) is 0 Å². The standard InChI is InChI=1S/C15H18N2O3/c1-2-19-13-4-6-14(7-5-13)20-10-9-17-11-12(16)3-8-15(17)18/h3-8,11H,2,9-10,16H2,1H3. The van der Waals surface area contributed by atoms with Gasteiger partial charge in [-0.1, -0.05) is 0 Å². The lowest BCUT2D eigenvalue weighted by Gasteiger charge is -2.09. The molecule has 0 spiro atoms. The van der Waals surface area contributed by atoms with Gasteiger partial charge in [-0.2, -0.15) is 0 Å². The van der Waals surface area contributed by atoms with Crippen molar-refractivity contribution in [3.05, 3.63) is 52.9 Å². The molecule has 0 saturated carbocycles. The van der Waals surface area contributed by atoms with E-state index in [0.717, 1.165) is 11.5 Å². The number of pyridine rings is 1. The van der Waals surface area contributed by atoms with Gasteiger partial charge in [0.05, 0.1) is 13.2 Å². The van der Waals surface area contributed by atoms with E-state index in [1.54, 1.807) is 12.3 Å². The second-order valence-electron chi connectivity index (χ2n) is 4.25. The molecule has 0 aliphatic rings. The Morgan fingerprint density at radius 2 is 1.70 bits per heavy atom. The van der Waals surface area contributed by atoms with Crippen LogP contribution in [0.25, 0.3) is 0 Å². The molecule has 106 valence electrons. The van der Waals surface area contributed by atoms with Gasteiger partial charge < -0.3 is 19.8 Å². The van der Waals surface area contributed by atoms with Gasteiger partial charge in [-0.25, -0.2) is 0 Å². The first kappa shape index (κ1) is 14.0. The smallest absolute Gasteiger partial charge is 0.250 e. The molecule has 0 atom stereocenters. The van der Waals surface area contributed by atoms with E-state index >= 15 is 0 Å². The van der Waals surface area contributed by atoms with Crippen LogP contribution in [0.15, 0.2) is 47.4 Å². The number of aromatic nitrogens is 1. The van der Waals surface area contributed by atoms with Crippen molar-refractivity contribution in [1.29, 1.82) is 0 Å². The highest BCUT2D eigenvalue weighted by atomic mass is 16.5. The predicted octanol–water partition coefficient (Wildman–Crippen LogP) is 1.91. The van der Waals surface area contributed by atoms with Gasteiger partial charge in [0, 0.05) is 18.0 Å². The van der Waals surface area contributed by atoms with Crippen molar-refractivity contribution < 1.29 is 9.47 Å². The molecule has 0 radical (unpaired) electrons. The van der Waals surface area contributed by atoms with Gasteiger partial charge in [0.25, 0.3) is 5.56 Å². The SMILES string of the molecule is CCOc1ccc(OCCn2cc(N)ccc2=O)cc1. The molecule has 0 fully saturated rings. The molecule has 5 heteroatoms. The molecule has 0 unspecified atom stereocenters. The maximum Gasteiger partial charge on any atom is 0.250 e. The summed E-state index contributed by atoms with van der Waals surface area (Å²) in [6.45, 7) is 3.43. The Labute approximate surface area is 117 Å². The first-order valence-electron chi connectivity index (χ1n) is 6.50. The van der Waals surface area contributed by atoms with Crippen LogP contribution in [0.2, 0.25) is 0 Å². The van der Waals surface area contributed by atoms with Gasteiger partial charge in [0.15, 0.2) is 0 Å². The molecule has 0 aliphatic heterocycles. The van der Waals surface area contributed by atoms with Crippen molar-refractivity contribution >= 4 is 5.69 Å². The summed E-state index contributed by atoms with van der Waals surface area (Å²) in [5, 5.41) is 0. The average molecular weight is 274 g/mol. The molecule has 2 aromatic rings. The average Bonchev–Trinajstić information content (AvgIpc) is 2.45. The minimum absolute atomic E-state index is 0.0884. The summed E-state index contributed by atoms with van der Waals surface area (Å²) >= 11 is 0. The zero-order valence-corrected chi connectivity index (χ0v) is 11.4. The van der Waals surface area contributed by atoms with E-state index < -0.39 is 0 Å². The molecule has 2 rings (SSSR count). The van der Waals surface area contributed by atoms with Crippen LogP contribution in [0.5, 0.6) is 11.5 Å². The van der Waals surface area contributed by atoms with Gasteiger partial charge in [-0.3, -0.25) is 4.79 Å². The second kappa shape index (κ2) is 6.65. The van der Waals surface area contributed by atoms with Gasteiger partial charge in [-0.15, -0.1) is 0 Å². The fourth-order valence-electron chi connectivity index (χ4n) is 1.79. The van der Waals surface area contributed by atoms with Crippen LogP contribution in [0.3, 0.4) is 0 Å². The zero-order chi connectivity index (χ0) is 14.4. The molecule has 0 amide bonds. The molecule has 20 heavy (non-hydrogen) atoms. The summed E-state index contributed by atoms with van der Waals surface area (Å²) in [5.41, 5.74) is 6.11. The summed E-state index contributed by atoms with van der Waals surface area (Å²) in [6.07, 6.45) is 1.61. The number of benzene rings is 1. The van der Waals surface area contributed by atoms with Crippen molar-refractivity contribution in [3.63, 3.8) is 0 Å². The van der Waals surface area contributed by atoms with Crippen molar-refractivity contribution in [2.75, 3.05) is 18.9 Å². The van der Waals surface area contributed by atoms with E-state index in [1.807, 2.05) is 31.2 Å². The highest BCUT2D eigenvalue weighted by molar-refractivity contribution is 5.33. The van der Waals surface area contributed by atoms with Crippen LogP contribution in [0, 0.1) is 0 Å². The first-order valence-corrected chi connectivity index (χ1v) is 6.50. The molecule has 1 heterocycles. The molecule has 0 saturated heterocycles. The molecular weight excluding hydrogens is 256 g/mol. The minimum Gasteiger partial charge on any atom is -0.494 e. The third-order valence-corrected chi connectivity index (χ3v) is 2.74. The Hall–Kier alpha value is -2.43. The van der Waals surface area contributed by atoms with Gasteiger partial charge in [0.1, 0.15) is 18.1 Å². The molecule has 1 aromatic carbocycles. The van der Waals surface area contributed by atoms with Crippen molar-refractivity contribution in [1.82, 2.24) is 4.57 Å². The maximum atomic E-state index is 11.6. The molecule has 1 aromatic heterocycles. The largest absolute Gasteiger partial charge is 0.494 e. The normalized spacial score (nSPS) is 10.2. The summed E-state index contributed by atoms with van der Waals surface area (Å²) in [5.74, 6) is 1.55. The molecule has 5 nitrogen and oxygen atoms in total. The van der Waals surface area contributed by atoms with E-state index in [-0.39, 0.29) is 5.56 Å². The third-order valence-electron chi connectivity index (χ3n) is 2.74. The second-order valence-corrected chi connectivity index (χ2v) is 4.25. The number of rotatable bonds is 6. The highest BCUT2D eigenvalue weighted by Gasteiger charge is 1.99. The summed E-state index contributed by atoms with van der Waals surface area (Å²) in [7, 11) is 0. The Bertz CT molecular complexity index is 605. The number of hydrogen-bond acceptors (Lipinski definition) is 4. The molecule has 0 aliphatic carbocycles. The first-order chi connectivity index (χ1) is 9.69. The number of nitrogen functional groups attached to an aromatic ring is 1. The van der Waals surface area contributed by atoms with Crippen LogP contribution < -0.4 is 20.8 Å². The Morgan fingerprint density at radius 1 is 1.05 bits per heavy atom. The van der Waals surface area contributed by atoms with E-state index in [4.69, 9.17) is 15.2 Å². The lowest BCUT2D eigenvalue weighted by molar-refractivity contribution is 0.295. The fourth-order valence-corrected chi connectivity index (χ4v) is 1.79. The van der Waals surface area contributed by atoms with Crippen LogP contribution in [0.1, 0.15) is 6.92 Å². The third kappa shape index (κ3) is 3.78. The molecule has 2 N–H and O–H groups in total. The highest BCUT2D eigenvalue weighted by Crippen LogP contribution is 2.17. The summed E-state index contributed by atoms with van der Waals surface area (Å²) < 4.78 is 12.5. The van der Waals surface area contributed by atoms with Crippen molar-refractivity contribution in [2.45, 2.75) is 13.5 Å². The Kier molecular flexibility index (Phi) is 4.65. The fraction of sp³-hybridized carbons (Fsp3) is 0.267.